The fraction of sp³-hybridized carbons (Fsp3) is 0.556. The summed E-state index contributed by atoms with van der Waals surface area (Å²) >= 11 is 0. The Hall–Kier alpha value is -1.51. The quantitative estimate of drug-likeness (QED) is 0.323. The number of rotatable bonds is 4. The monoisotopic (exact) mass is 461 g/mol. The third kappa shape index (κ3) is 5.49. The molecule has 2 rings (SSSR count). The van der Waals surface area contributed by atoms with E-state index >= 15 is 0 Å². The molecule has 0 aliphatic carbocycles. The molecule has 1 N–H and O–H groups in total. The number of aryl methyl sites for hydroxylation is 1. The highest BCUT2D eigenvalue weighted by molar-refractivity contribution is 14.0. The summed E-state index contributed by atoms with van der Waals surface area (Å²) in [6.45, 7) is 6.18. The average Bonchev–Trinajstić information content (AvgIpc) is 2.95. The lowest BCUT2D eigenvalue weighted by Gasteiger charge is -2.21. The zero-order valence-electron chi connectivity index (χ0n) is 15.5. The van der Waals surface area contributed by atoms with Gasteiger partial charge in [-0.25, -0.2) is 0 Å². The van der Waals surface area contributed by atoms with Crippen molar-refractivity contribution in [3.8, 4) is 5.75 Å². The molecule has 0 spiro atoms. The Labute approximate surface area is 167 Å². The number of likely N-dealkylation sites (tertiary alicyclic amines) is 1. The van der Waals surface area contributed by atoms with Crippen molar-refractivity contribution in [2.24, 2.45) is 16.8 Å². The molecule has 2 unspecified atom stereocenters. The second kappa shape index (κ2) is 9.84. The van der Waals surface area contributed by atoms with E-state index in [-0.39, 0.29) is 41.8 Å². The highest BCUT2D eigenvalue weighted by atomic mass is 127. The van der Waals surface area contributed by atoms with E-state index < -0.39 is 0 Å². The van der Waals surface area contributed by atoms with E-state index in [1.165, 1.54) is 7.11 Å². The molecule has 1 saturated heterocycles. The van der Waals surface area contributed by atoms with Gasteiger partial charge in [-0.1, -0.05) is 13.0 Å². The van der Waals surface area contributed by atoms with Crippen molar-refractivity contribution >= 4 is 35.9 Å². The summed E-state index contributed by atoms with van der Waals surface area (Å²) in [7, 11) is 4.87. The standard InChI is InChI=1S/C18H27N3O3.HI/c1-12-6-14(8-15(7-12)23-4)9-20-18(19-3)21-10-13(2)16(11-21)17(22)24-5;/h6-8,13,16H,9-11H2,1-5H3,(H,19,20);1H. The number of aliphatic imine (C=N–C) groups is 1. The first-order valence-electron chi connectivity index (χ1n) is 8.16. The van der Waals surface area contributed by atoms with Crippen LogP contribution in [0.4, 0.5) is 0 Å². The lowest BCUT2D eigenvalue weighted by atomic mass is 9.99. The fourth-order valence-corrected chi connectivity index (χ4v) is 3.16. The number of nitrogens with one attached hydrogen (secondary N) is 1. The van der Waals surface area contributed by atoms with Crippen LogP contribution in [0, 0.1) is 18.8 Å². The molecule has 1 heterocycles. The van der Waals surface area contributed by atoms with Gasteiger partial charge in [-0.3, -0.25) is 9.79 Å². The SMILES string of the molecule is CN=C(NCc1cc(C)cc(OC)c1)N1CC(C)C(C(=O)OC)C1.I. The van der Waals surface area contributed by atoms with Crippen LogP contribution in [0.25, 0.3) is 0 Å². The molecular weight excluding hydrogens is 433 g/mol. The second-order valence-corrected chi connectivity index (χ2v) is 6.27. The number of carbonyl (C=O) groups is 1. The number of guanidine groups is 1. The van der Waals surface area contributed by atoms with Crippen molar-refractivity contribution in [2.75, 3.05) is 34.4 Å². The van der Waals surface area contributed by atoms with Crippen molar-refractivity contribution in [1.29, 1.82) is 0 Å². The number of carbonyl (C=O) groups excluding carboxylic acids is 1. The first-order valence-corrected chi connectivity index (χ1v) is 8.16. The van der Waals surface area contributed by atoms with E-state index in [2.05, 4.69) is 28.2 Å². The Balaban J connectivity index is 0.00000312. The van der Waals surface area contributed by atoms with Crippen LogP contribution in [0.5, 0.6) is 5.75 Å². The minimum Gasteiger partial charge on any atom is -0.497 e. The molecule has 1 aliphatic heterocycles. The van der Waals surface area contributed by atoms with E-state index in [4.69, 9.17) is 9.47 Å². The Morgan fingerprint density at radius 2 is 2.04 bits per heavy atom. The van der Waals surface area contributed by atoms with Crippen molar-refractivity contribution in [3.05, 3.63) is 29.3 Å². The molecule has 7 heteroatoms. The summed E-state index contributed by atoms with van der Waals surface area (Å²) in [5, 5.41) is 3.37. The van der Waals surface area contributed by atoms with Crippen LogP contribution in [0.3, 0.4) is 0 Å². The Morgan fingerprint density at radius 3 is 2.64 bits per heavy atom. The highest BCUT2D eigenvalue weighted by Gasteiger charge is 2.36. The summed E-state index contributed by atoms with van der Waals surface area (Å²) in [6, 6.07) is 6.13. The van der Waals surface area contributed by atoms with Crippen LogP contribution in [-0.2, 0) is 16.1 Å². The molecule has 1 aliphatic rings. The predicted octanol–water partition coefficient (Wildman–Crippen LogP) is 2.44. The van der Waals surface area contributed by atoms with Gasteiger partial charge in [0.15, 0.2) is 5.96 Å². The van der Waals surface area contributed by atoms with Gasteiger partial charge >= 0.3 is 5.97 Å². The Bertz CT molecular complexity index is 622. The number of hydrogen-bond acceptors (Lipinski definition) is 4. The average molecular weight is 461 g/mol. The van der Waals surface area contributed by atoms with Crippen molar-refractivity contribution < 1.29 is 14.3 Å². The van der Waals surface area contributed by atoms with Crippen LogP contribution < -0.4 is 10.1 Å². The van der Waals surface area contributed by atoms with E-state index in [1.54, 1.807) is 14.2 Å². The Kier molecular flexibility index (Phi) is 8.47. The van der Waals surface area contributed by atoms with Gasteiger partial charge in [0.1, 0.15) is 5.75 Å². The van der Waals surface area contributed by atoms with Gasteiger partial charge in [0.05, 0.1) is 20.1 Å². The molecule has 6 nitrogen and oxygen atoms in total. The molecule has 0 bridgehead atoms. The van der Waals surface area contributed by atoms with Crippen LogP contribution in [0.1, 0.15) is 18.1 Å². The van der Waals surface area contributed by atoms with E-state index in [1.807, 2.05) is 19.1 Å². The maximum atomic E-state index is 11.8. The molecule has 1 aromatic rings. The number of ether oxygens (including phenoxy) is 2. The Morgan fingerprint density at radius 1 is 1.32 bits per heavy atom. The predicted molar refractivity (Wildman–Crippen MR) is 110 cm³/mol. The number of benzene rings is 1. The summed E-state index contributed by atoms with van der Waals surface area (Å²) in [6.07, 6.45) is 0. The molecule has 2 atom stereocenters. The molecule has 25 heavy (non-hydrogen) atoms. The third-order valence-electron chi connectivity index (χ3n) is 4.42. The van der Waals surface area contributed by atoms with Crippen LogP contribution >= 0.6 is 24.0 Å². The van der Waals surface area contributed by atoms with Gasteiger partial charge < -0.3 is 19.7 Å². The number of halogens is 1. The minimum atomic E-state index is -0.149. The van der Waals surface area contributed by atoms with E-state index in [9.17, 15) is 4.79 Å². The van der Waals surface area contributed by atoms with Crippen molar-refractivity contribution in [1.82, 2.24) is 10.2 Å². The van der Waals surface area contributed by atoms with Crippen LogP contribution in [0.2, 0.25) is 0 Å². The van der Waals surface area contributed by atoms with Gasteiger partial charge in [0.2, 0.25) is 0 Å². The molecule has 0 saturated carbocycles. The molecule has 0 radical (unpaired) electrons. The number of esters is 1. The van der Waals surface area contributed by atoms with Gasteiger partial charge in [0.25, 0.3) is 0 Å². The van der Waals surface area contributed by atoms with E-state index in [0.717, 1.165) is 29.4 Å². The summed E-state index contributed by atoms with van der Waals surface area (Å²) in [5.74, 6) is 1.64. The first kappa shape index (κ1) is 21.5. The minimum absolute atomic E-state index is 0. The second-order valence-electron chi connectivity index (χ2n) is 6.27. The topological polar surface area (TPSA) is 63.2 Å². The van der Waals surface area contributed by atoms with Gasteiger partial charge in [-0.15, -0.1) is 24.0 Å². The normalized spacial score (nSPS) is 20.0. The lowest BCUT2D eigenvalue weighted by Crippen LogP contribution is -2.40. The van der Waals surface area contributed by atoms with E-state index in [0.29, 0.717) is 13.1 Å². The maximum Gasteiger partial charge on any atom is 0.310 e. The summed E-state index contributed by atoms with van der Waals surface area (Å²) in [4.78, 5) is 18.3. The van der Waals surface area contributed by atoms with Crippen LogP contribution in [-0.4, -0.2) is 51.2 Å². The lowest BCUT2D eigenvalue weighted by molar-refractivity contribution is -0.145. The van der Waals surface area contributed by atoms with Gasteiger partial charge in [-0.05, 0) is 36.1 Å². The largest absolute Gasteiger partial charge is 0.497 e. The zero-order valence-corrected chi connectivity index (χ0v) is 17.9. The number of hydrogen-bond donors (Lipinski definition) is 1. The molecule has 1 aromatic carbocycles. The van der Waals surface area contributed by atoms with Gasteiger partial charge in [0, 0.05) is 26.7 Å². The van der Waals surface area contributed by atoms with Gasteiger partial charge in [-0.2, -0.15) is 0 Å². The van der Waals surface area contributed by atoms with Crippen molar-refractivity contribution in [3.63, 3.8) is 0 Å². The molecule has 0 aromatic heterocycles. The number of methoxy groups -OCH3 is 2. The first-order chi connectivity index (χ1) is 11.5. The van der Waals surface area contributed by atoms with Crippen LogP contribution in [0.15, 0.2) is 23.2 Å². The fourth-order valence-electron chi connectivity index (χ4n) is 3.16. The summed E-state index contributed by atoms with van der Waals surface area (Å²) < 4.78 is 10.2. The zero-order chi connectivity index (χ0) is 17.7. The molecule has 1 fully saturated rings. The smallest absolute Gasteiger partial charge is 0.310 e. The molecule has 140 valence electrons. The number of nitrogens with zero attached hydrogens (tertiary/aromatic N) is 2. The molecule has 0 amide bonds. The van der Waals surface area contributed by atoms with Crippen molar-refractivity contribution in [2.45, 2.75) is 20.4 Å². The molecular formula is C18H28IN3O3. The maximum absolute atomic E-state index is 11.8. The summed E-state index contributed by atoms with van der Waals surface area (Å²) in [5.41, 5.74) is 2.28. The highest BCUT2D eigenvalue weighted by Crippen LogP contribution is 2.24. The third-order valence-corrected chi connectivity index (χ3v) is 4.42.